The van der Waals surface area contributed by atoms with Gasteiger partial charge in [0, 0.05) is 20.0 Å². The maximum Gasteiger partial charge on any atom is 0.323 e. The van der Waals surface area contributed by atoms with Gasteiger partial charge in [0.2, 0.25) is 5.91 Å². The monoisotopic (exact) mass is 384 g/mol. The molecule has 0 aromatic carbocycles. The maximum absolute atomic E-state index is 11.9. The van der Waals surface area contributed by atoms with Gasteiger partial charge in [-0.05, 0) is 40.0 Å². The standard InChI is InChI=1S/C22H44N2O3/c1-6-7-18-24(5)20(25)17-15-13-11-9-8-10-12-14-16-19(23)21(26)27-22(2,3)4/h19H,6-18,23H2,1-5H3. The molecule has 0 saturated heterocycles. The van der Waals surface area contributed by atoms with Gasteiger partial charge >= 0.3 is 5.97 Å². The van der Waals surface area contributed by atoms with Crippen molar-refractivity contribution in [3.05, 3.63) is 0 Å². The average molecular weight is 385 g/mol. The van der Waals surface area contributed by atoms with E-state index in [1.54, 1.807) is 0 Å². The molecule has 0 aromatic heterocycles. The van der Waals surface area contributed by atoms with Gasteiger partial charge in [0.25, 0.3) is 0 Å². The number of rotatable bonds is 15. The van der Waals surface area contributed by atoms with E-state index in [0.717, 1.165) is 45.1 Å². The molecule has 0 spiro atoms. The van der Waals surface area contributed by atoms with Crippen LogP contribution in [0.4, 0.5) is 0 Å². The van der Waals surface area contributed by atoms with Crippen molar-refractivity contribution in [2.45, 2.75) is 116 Å². The summed E-state index contributed by atoms with van der Waals surface area (Å²) >= 11 is 0. The molecule has 0 aliphatic rings. The van der Waals surface area contributed by atoms with Crippen molar-refractivity contribution in [3.63, 3.8) is 0 Å². The van der Waals surface area contributed by atoms with Crippen LogP contribution in [-0.4, -0.2) is 42.0 Å². The zero-order chi connectivity index (χ0) is 20.7. The number of nitrogens with zero attached hydrogens (tertiary/aromatic N) is 1. The molecule has 2 N–H and O–H groups in total. The molecule has 5 nitrogen and oxygen atoms in total. The van der Waals surface area contributed by atoms with Crippen LogP contribution in [0.5, 0.6) is 0 Å². The van der Waals surface area contributed by atoms with Gasteiger partial charge < -0.3 is 15.4 Å². The summed E-state index contributed by atoms with van der Waals surface area (Å²) in [7, 11) is 1.91. The molecule has 0 aliphatic heterocycles. The molecule has 0 rings (SSSR count). The van der Waals surface area contributed by atoms with E-state index in [1.807, 2.05) is 32.7 Å². The number of hydrogen-bond donors (Lipinski definition) is 1. The minimum Gasteiger partial charge on any atom is -0.459 e. The minimum absolute atomic E-state index is 0.282. The Labute approximate surface area is 167 Å². The zero-order valence-electron chi connectivity index (χ0n) is 18.5. The van der Waals surface area contributed by atoms with Crippen molar-refractivity contribution in [3.8, 4) is 0 Å². The lowest BCUT2D eigenvalue weighted by Crippen LogP contribution is -2.37. The first-order valence-electron chi connectivity index (χ1n) is 10.9. The van der Waals surface area contributed by atoms with Crippen LogP contribution in [0.2, 0.25) is 0 Å². The second-order valence-corrected chi connectivity index (χ2v) is 8.68. The molecular weight excluding hydrogens is 340 g/mol. The van der Waals surface area contributed by atoms with Gasteiger partial charge in [-0.2, -0.15) is 0 Å². The third-order valence-corrected chi connectivity index (χ3v) is 4.64. The van der Waals surface area contributed by atoms with Crippen molar-refractivity contribution in [1.82, 2.24) is 4.90 Å². The highest BCUT2D eigenvalue weighted by molar-refractivity contribution is 5.76. The van der Waals surface area contributed by atoms with E-state index in [9.17, 15) is 9.59 Å². The van der Waals surface area contributed by atoms with Crippen LogP contribution in [0.25, 0.3) is 0 Å². The number of ether oxygens (including phenoxy) is 1. The quantitative estimate of drug-likeness (QED) is 0.325. The molecule has 0 bridgehead atoms. The number of unbranched alkanes of at least 4 members (excludes halogenated alkanes) is 8. The largest absolute Gasteiger partial charge is 0.459 e. The second kappa shape index (κ2) is 14.9. The van der Waals surface area contributed by atoms with Crippen molar-refractivity contribution < 1.29 is 14.3 Å². The fraction of sp³-hybridized carbons (Fsp3) is 0.909. The Morgan fingerprint density at radius 1 is 0.926 bits per heavy atom. The van der Waals surface area contributed by atoms with Crippen LogP contribution in [0.15, 0.2) is 0 Å². The number of carbonyl (C=O) groups is 2. The SMILES string of the molecule is CCCCN(C)C(=O)CCCCCCCCCCC(N)C(=O)OC(C)(C)C. The molecule has 0 aromatic rings. The highest BCUT2D eigenvalue weighted by Crippen LogP contribution is 2.13. The van der Waals surface area contributed by atoms with Gasteiger partial charge in [0.1, 0.15) is 11.6 Å². The normalized spacial score (nSPS) is 12.7. The predicted octanol–water partition coefficient (Wildman–Crippen LogP) is 4.81. The van der Waals surface area contributed by atoms with Crippen LogP contribution in [0.1, 0.15) is 105 Å². The van der Waals surface area contributed by atoms with Crippen molar-refractivity contribution in [2.75, 3.05) is 13.6 Å². The summed E-state index contributed by atoms with van der Waals surface area (Å²) < 4.78 is 5.29. The van der Waals surface area contributed by atoms with Crippen LogP contribution in [-0.2, 0) is 14.3 Å². The molecular formula is C22H44N2O3. The first kappa shape index (κ1) is 25.9. The Bertz CT molecular complexity index is 405. The van der Waals surface area contributed by atoms with Crippen molar-refractivity contribution in [2.24, 2.45) is 5.73 Å². The highest BCUT2D eigenvalue weighted by Gasteiger charge is 2.21. The van der Waals surface area contributed by atoms with E-state index in [1.165, 1.54) is 25.7 Å². The van der Waals surface area contributed by atoms with Gasteiger partial charge in [-0.1, -0.05) is 58.3 Å². The summed E-state index contributed by atoms with van der Waals surface area (Å²) in [6.07, 6.45) is 12.6. The number of amides is 1. The number of nitrogens with two attached hydrogens (primary N) is 1. The fourth-order valence-electron chi connectivity index (χ4n) is 2.91. The third-order valence-electron chi connectivity index (χ3n) is 4.64. The smallest absolute Gasteiger partial charge is 0.323 e. The Balaban J connectivity index is 3.50. The van der Waals surface area contributed by atoms with Gasteiger partial charge in [-0.3, -0.25) is 9.59 Å². The Morgan fingerprint density at radius 2 is 1.44 bits per heavy atom. The molecule has 0 radical (unpaired) electrons. The van der Waals surface area contributed by atoms with E-state index in [4.69, 9.17) is 10.5 Å². The molecule has 0 saturated carbocycles. The summed E-state index contributed by atoms with van der Waals surface area (Å²) in [4.78, 5) is 25.6. The van der Waals surface area contributed by atoms with Crippen LogP contribution in [0.3, 0.4) is 0 Å². The third kappa shape index (κ3) is 15.6. The average Bonchev–Trinajstić information content (AvgIpc) is 2.59. The zero-order valence-corrected chi connectivity index (χ0v) is 18.5. The summed E-state index contributed by atoms with van der Waals surface area (Å²) in [6.45, 7) is 8.61. The molecule has 0 aliphatic carbocycles. The van der Waals surface area contributed by atoms with Crippen LogP contribution in [0, 0.1) is 0 Å². The number of esters is 1. The minimum atomic E-state index is -0.503. The molecule has 0 fully saturated rings. The first-order valence-corrected chi connectivity index (χ1v) is 10.9. The number of hydrogen-bond acceptors (Lipinski definition) is 4. The van der Waals surface area contributed by atoms with Crippen LogP contribution < -0.4 is 5.73 Å². The van der Waals surface area contributed by atoms with E-state index in [-0.39, 0.29) is 11.9 Å². The van der Waals surface area contributed by atoms with Crippen LogP contribution >= 0.6 is 0 Å². The lowest BCUT2D eigenvalue weighted by molar-refractivity contribution is -0.156. The molecule has 1 atom stereocenters. The summed E-state index contributed by atoms with van der Waals surface area (Å²) in [5.74, 6) is -0.0119. The lowest BCUT2D eigenvalue weighted by Gasteiger charge is -2.22. The Hall–Kier alpha value is -1.10. The summed E-state index contributed by atoms with van der Waals surface area (Å²) in [5.41, 5.74) is 5.42. The molecule has 160 valence electrons. The molecule has 5 heteroatoms. The van der Waals surface area contributed by atoms with Gasteiger partial charge in [0.05, 0.1) is 0 Å². The van der Waals surface area contributed by atoms with Gasteiger partial charge in [0.15, 0.2) is 0 Å². The molecule has 1 amide bonds. The van der Waals surface area contributed by atoms with Crippen molar-refractivity contribution in [1.29, 1.82) is 0 Å². The van der Waals surface area contributed by atoms with E-state index >= 15 is 0 Å². The Kier molecular flexibility index (Phi) is 14.3. The van der Waals surface area contributed by atoms with E-state index < -0.39 is 11.6 Å². The van der Waals surface area contributed by atoms with E-state index in [2.05, 4.69) is 6.92 Å². The highest BCUT2D eigenvalue weighted by atomic mass is 16.6. The molecule has 27 heavy (non-hydrogen) atoms. The Morgan fingerprint density at radius 3 is 1.96 bits per heavy atom. The maximum atomic E-state index is 11.9. The summed E-state index contributed by atoms with van der Waals surface area (Å²) in [6, 6.07) is -0.503. The lowest BCUT2D eigenvalue weighted by atomic mass is 10.0. The molecule has 1 unspecified atom stereocenters. The summed E-state index contributed by atoms with van der Waals surface area (Å²) in [5, 5.41) is 0. The predicted molar refractivity (Wildman–Crippen MR) is 113 cm³/mol. The second-order valence-electron chi connectivity index (χ2n) is 8.68. The van der Waals surface area contributed by atoms with Crippen molar-refractivity contribution >= 4 is 11.9 Å². The number of carbonyl (C=O) groups excluding carboxylic acids is 2. The fourth-order valence-corrected chi connectivity index (χ4v) is 2.91. The first-order chi connectivity index (χ1) is 12.7. The van der Waals surface area contributed by atoms with Gasteiger partial charge in [-0.25, -0.2) is 0 Å². The molecule has 0 heterocycles. The topological polar surface area (TPSA) is 72.6 Å². The van der Waals surface area contributed by atoms with Gasteiger partial charge in [-0.15, -0.1) is 0 Å². The van der Waals surface area contributed by atoms with E-state index in [0.29, 0.717) is 12.8 Å².